The predicted molar refractivity (Wildman–Crippen MR) is 105 cm³/mol. The minimum atomic E-state index is -0.737. The summed E-state index contributed by atoms with van der Waals surface area (Å²) in [6.45, 7) is 3.20. The number of aliphatic hydroxyl groups excluding tert-OH is 1. The zero-order valence-electron chi connectivity index (χ0n) is 15.4. The number of nitrogens with two attached hydrogens (primary N) is 1. The van der Waals surface area contributed by atoms with E-state index in [-0.39, 0.29) is 12.4 Å². The largest absolute Gasteiger partial charge is 0.497 e. The van der Waals surface area contributed by atoms with Crippen molar-refractivity contribution in [3.63, 3.8) is 0 Å². The lowest BCUT2D eigenvalue weighted by Crippen LogP contribution is -2.51. The molecule has 0 bridgehead atoms. The van der Waals surface area contributed by atoms with E-state index in [2.05, 4.69) is 9.89 Å². The summed E-state index contributed by atoms with van der Waals surface area (Å²) in [7, 11) is 1.59. The summed E-state index contributed by atoms with van der Waals surface area (Å²) >= 11 is 0. The van der Waals surface area contributed by atoms with Crippen molar-refractivity contribution >= 4 is 11.6 Å². The molecule has 0 aromatic heterocycles. The van der Waals surface area contributed by atoms with Crippen molar-refractivity contribution in [3.05, 3.63) is 59.9 Å². The molecule has 1 saturated heterocycles. The number of anilines is 1. The fourth-order valence-electron chi connectivity index (χ4n) is 3.08. The van der Waals surface area contributed by atoms with Crippen molar-refractivity contribution in [2.45, 2.75) is 6.10 Å². The maximum atomic E-state index is 13.1. The van der Waals surface area contributed by atoms with Crippen LogP contribution in [0.2, 0.25) is 0 Å². The molecule has 0 amide bonds. The first-order valence-electron chi connectivity index (χ1n) is 8.94. The van der Waals surface area contributed by atoms with Gasteiger partial charge in [0, 0.05) is 31.9 Å². The SMILES string of the molecule is COc1cccc(C(O)CN=C(N)N2CCN(c3ccc(F)cc3)CC2)c1. The zero-order valence-corrected chi connectivity index (χ0v) is 15.4. The first kappa shape index (κ1) is 19.0. The molecule has 3 rings (SSSR count). The number of methoxy groups -OCH3 is 1. The summed E-state index contributed by atoms with van der Waals surface area (Å²) in [4.78, 5) is 8.54. The first-order valence-corrected chi connectivity index (χ1v) is 8.94. The molecule has 1 atom stereocenters. The Balaban J connectivity index is 1.53. The Morgan fingerprint density at radius 2 is 1.89 bits per heavy atom. The maximum Gasteiger partial charge on any atom is 0.191 e. The van der Waals surface area contributed by atoms with Gasteiger partial charge in [-0.2, -0.15) is 0 Å². The average molecular weight is 372 g/mol. The van der Waals surface area contributed by atoms with Gasteiger partial charge in [-0.1, -0.05) is 12.1 Å². The third-order valence-corrected chi connectivity index (χ3v) is 4.70. The van der Waals surface area contributed by atoms with Gasteiger partial charge in [-0.3, -0.25) is 4.99 Å². The van der Waals surface area contributed by atoms with E-state index in [4.69, 9.17) is 10.5 Å². The summed E-state index contributed by atoms with van der Waals surface area (Å²) in [6, 6.07) is 13.8. The predicted octanol–water partition coefficient (Wildman–Crippen LogP) is 2.00. The van der Waals surface area contributed by atoms with Crippen LogP contribution in [0.15, 0.2) is 53.5 Å². The fourth-order valence-corrected chi connectivity index (χ4v) is 3.08. The van der Waals surface area contributed by atoms with Gasteiger partial charge in [-0.05, 0) is 42.0 Å². The number of nitrogens with zero attached hydrogens (tertiary/aromatic N) is 3. The van der Waals surface area contributed by atoms with Crippen LogP contribution in [0.1, 0.15) is 11.7 Å². The van der Waals surface area contributed by atoms with Crippen LogP contribution >= 0.6 is 0 Å². The molecule has 0 spiro atoms. The third-order valence-electron chi connectivity index (χ3n) is 4.70. The summed E-state index contributed by atoms with van der Waals surface area (Å²) in [6.07, 6.45) is -0.737. The Morgan fingerprint density at radius 3 is 2.56 bits per heavy atom. The van der Waals surface area contributed by atoms with Gasteiger partial charge in [-0.15, -0.1) is 0 Å². The van der Waals surface area contributed by atoms with Crippen LogP contribution < -0.4 is 15.4 Å². The molecule has 1 aliphatic rings. The molecule has 0 saturated carbocycles. The van der Waals surface area contributed by atoms with E-state index in [0.717, 1.165) is 37.4 Å². The first-order chi connectivity index (χ1) is 13.1. The minimum Gasteiger partial charge on any atom is -0.497 e. The van der Waals surface area contributed by atoms with E-state index < -0.39 is 6.10 Å². The van der Waals surface area contributed by atoms with E-state index in [0.29, 0.717) is 11.7 Å². The van der Waals surface area contributed by atoms with E-state index in [9.17, 15) is 9.50 Å². The molecule has 3 N–H and O–H groups in total. The Bertz CT molecular complexity index is 774. The van der Waals surface area contributed by atoms with Crippen molar-refractivity contribution in [3.8, 4) is 5.75 Å². The molecule has 0 aliphatic carbocycles. The van der Waals surface area contributed by atoms with Crippen molar-refractivity contribution in [1.82, 2.24) is 4.90 Å². The van der Waals surface area contributed by atoms with Crippen molar-refractivity contribution in [2.75, 3.05) is 44.7 Å². The van der Waals surface area contributed by atoms with Gasteiger partial charge < -0.3 is 25.4 Å². The molecule has 2 aromatic rings. The molecule has 1 heterocycles. The van der Waals surface area contributed by atoms with E-state index >= 15 is 0 Å². The monoisotopic (exact) mass is 372 g/mol. The number of guanidine groups is 1. The number of ether oxygens (including phenoxy) is 1. The molecule has 1 fully saturated rings. The molecule has 144 valence electrons. The molecule has 7 heteroatoms. The minimum absolute atomic E-state index is 0.192. The van der Waals surface area contributed by atoms with Crippen LogP contribution in [0.3, 0.4) is 0 Å². The lowest BCUT2D eigenvalue weighted by atomic mass is 10.1. The topological polar surface area (TPSA) is 74.3 Å². The van der Waals surface area contributed by atoms with Crippen LogP contribution in [0, 0.1) is 5.82 Å². The van der Waals surface area contributed by atoms with Gasteiger partial charge in [0.1, 0.15) is 11.6 Å². The number of aliphatic imine (C=N–C) groups is 1. The van der Waals surface area contributed by atoms with Crippen LogP contribution in [-0.4, -0.2) is 55.8 Å². The highest BCUT2D eigenvalue weighted by molar-refractivity contribution is 5.78. The standard InChI is InChI=1S/C20H25FN4O2/c1-27-18-4-2-3-15(13-18)19(26)14-23-20(22)25-11-9-24(10-12-25)17-7-5-16(21)6-8-17/h2-8,13,19,26H,9-12,14H2,1H3,(H2,22,23). The van der Waals surface area contributed by atoms with Crippen LogP contribution in [-0.2, 0) is 0 Å². The number of hydrogen-bond donors (Lipinski definition) is 2. The second kappa shape index (κ2) is 8.73. The highest BCUT2D eigenvalue weighted by atomic mass is 19.1. The number of rotatable bonds is 5. The Labute approximate surface area is 158 Å². The highest BCUT2D eigenvalue weighted by Crippen LogP contribution is 2.20. The smallest absolute Gasteiger partial charge is 0.191 e. The van der Waals surface area contributed by atoms with Gasteiger partial charge >= 0.3 is 0 Å². The quantitative estimate of drug-likeness (QED) is 0.620. The van der Waals surface area contributed by atoms with E-state index in [1.54, 1.807) is 25.3 Å². The van der Waals surface area contributed by atoms with Gasteiger partial charge in [0.05, 0.1) is 19.8 Å². The molecule has 1 aliphatic heterocycles. The summed E-state index contributed by atoms with van der Waals surface area (Å²) in [5.74, 6) is 0.888. The highest BCUT2D eigenvalue weighted by Gasteiger charge is 2.19. The number of aliphatic hydroxyl groups is 1. The molecule has 2 aromatic carbocycles. The molecule has 1 unspecified atom stereocenters. The average Bonchev–Trinajstić information content (AvgIpc) is 2.72. The van der Waals surface area contributed by atoms with E-state index in [1.807, 2.05) is 23.1 Å². The third kappa shape index (κ3) is 4.89. The number of hydrogen-bond acceptors (Lipinski definition) is 4. The van der Waals surface area contributed by atoms with Crippen LogP contribution in [0.5, 0.6) is 5.75 Å². The number of halogens is 1. The second-order valence-corrected chi connectivity index (χ2v) is 6.44. The summed E-state index contributed by atoms with van der Waals surface area (Å²) < 4.78 is 18.2. The van der Waals surface area contributed by atoms with Crippen LogP contribution in [0.4, 0.5) is 10.1 Å². The number of piperazine rings is 1. The fraction of sp³-hybridized carbons (Fsp3) is 0.350. The molecule has 6 nitrogen and oxygen atoms in total. The molecular formula is C20H25FN4O2. The Morgan fingerprint density at radius 1 is 1.19 bits per heavy atom. The lowest BCUT2D eigenvalue weighted by molar-refractivity contribution is 0.186. The molecule has 0 radical (unpaired) electrons. The van der Waals surface area contributed by atoms with E-state index in [1.165, 1.54) is 12.1 Å². The zero-order chi connectivity index (χ0) is 19.2. The summed E-state index contributed by atoms with van der Waals surface area (Å²) in [5.41, 5.74) is 7.85. The van der Waals surface area contributed by atoms with Crippen molar-refractivity contribution in [2.24, 2.45) is 10.7 Å². The number of benzene rings is 2. The summed E-state index contributed by atoms with van der Waals surface area (Å²) in [5, 5.41) is 10.3. The van der Waals surface area contributed by atoms with Crippen LogP contribution in [0.25, 0.3) is 0 Å². The molecule has 27 heavy (non-hydrogen) atoms. The normalized spacial score (nSPS) is 16.3. The second-order valence-electron chi connectivity index (χ2n) is 6.44. The van der Waals surface area contributed by atoms with Gasteiger partial charge in [0.2, 0.25) is 0 Å². The Kier molecular flexibility index (Phi) is 6.13. The Hall–Kier alpha value is -2.80. The molecular weight excluding hydrogens is 347 g/mol. The van der Waals surface area contributed by atoms with Crippen molar-refractivity contribution in [1.29, 1.82) is 0 Å². The lowest BCUT2D eigenvalue weighted by Gasteiger charge is -2.36. The van der Waals surface area contributed by atoms with Gasteiger partial charge in [0.15, 0.2) is 5.96 Å². The van der Waals surface area contributed by atoms with Crippen molar-refractivity contribution < 1.29 is 14.2 Å². The van der Waals surface area contributed by atoms with Gasteiger partial charge in [0.25, 0.3) is 0 Å². The maximum absolute atomic E-state index is 13.1. The van der Waals surface area contributed by atoms with Gasteiger partial charge in [-0.25, -0.2) is 4.39 Å².